The molecule has 1 aromatic carbocycles. The average Bonchev–Trinajstić information content (AvgIpc) is 3.05. The highest BCUT2D eigenvalue weighted by molar-refractivity contribution is 9.09. The molecular formula is C17H19BrN2O. The van der Waals surface area contributed by atoms with Crippen molar-refractivity contribution in [2.45, 2.75) is 30.1 Å². The number of aliphatic imine (C=N–C) groups is 1. The van der Waals surface area contributed by atoms with Crippen LogP contribution in [0.3, 0.4) is 0 Å². The fraction of sp³-hybridized carbons (Fsp3) is 0.412. The van der Waals surface area contributed by atoms with Crippen LogP contribution in [0, 0.1) is 0 Å². The van der Waals surface area contributed by atoms with E-state index in [1.54, 1.807) is 12.4 Å². The summed E-state index contributed by atoms with van der Waals surface area (Å²) in [6.07, 6.45) is 6.30. The van der Waals surface area contributed by atoms with E-state index < -0.39 is 0 Å². The highest BCUT2D eigenvalue weighted by atomic mass is 79.9. The molecule has 0 aliphatic carbocycles. The molecule has 110 valence electrons. The van der Waals surface area contributed by atoms with Crippen LogP contribution in [0.2, 0.25) is 0 Å². The van der Waals surface area contributed by atoms with E-state index in [4.69, 9.17) is 0 Å². The van der Waals surface area contributed by atoms with Crippen molar-refractivity contribution in [2.75, 3.05) is 13.1 Å². The summed E-state index contributed by atoms with van der Waals surface area (Å²) in [5.41, 5.74) is 1.99. The third-order valence-electron chi connectivity index (χ3n) is 4.18. The summed E-state index contributed by atoms with van der Waals surface area (Å²) >= 11 is 3.85. The Morgan fingerprint density at radius 2 is 1.86 bits per heavy atom. The lowest BCUT2D eigenvalue weighted by molar-refractivity contribution is -0.114. The third-order valence-corrected chi connectivity index (χ3v) is 5.28. The van der Waals surface area contributed by atoms with Crippen LogP contribution in [0.15, 0.2) is 47.1 Å². The first-order chi connectivity index (χ1) is 10.3. The second-order valence-electron chi connectivity index (χ2n) is 5.55. The second kappa shape index (κ2) is 6.67. The van der Waals surface area contributed by atoms with Gasteiger partial charge >= 0.3 is 0 Å². The molecule has 0 amide bonds. The Hall–Kier alpha value is -1.26. The van der Waals surface area contributed by atoms with Crippen LogP contribution in [0.1, 0.15) is 30.7 Å². The van der Waals surface area contributed by atoms with Crippen molar-refractivity contribution in [3.63, 3.8) is 0 Å². The fourth-order valence-electron chi connectivity index (χ4n) is 3.06. The Bertz CT molecular complexity index is 561. The van der Waals surface area contributed by atoms with Gasteiger partial charge in [-0.15, -0.1) is 0 Å². The predicted molar refractivity (Wildman–Crippen MR) is 88.9 cm³/mol. The Balaban J connectivity index is 1.96. The largest absolute Gasteiger partial charge is 0.294 e. The minimum atomic E-state index is 0.0363. The van der Waals surface area contributed by atoms with Gasteiger partial charge < -0.3 is 0 Å². The molecule has 2 aliphatic rings. The fourth-order valence-corrected chi connectivity index (χ4v) is 4.06. The summed E-state index contributed by atoms with van der Waals surface area (Å²) in [6, 6.07) is 10.3. The van der Waals surface area contributed by atoms with Gasteiger partial charge in [0, 0.05) is 30.3 Å². The summed E-state index contributed by atoms with van der Waals surface area (Å²) in [4.78, 5) is 19.1. The molecule has 0 spiro atoms. The molecule has 1 fully saturated rings. The monoisotopic (exact) mass is 346 g/mol. The molecule has 4 heteroatoms. The SMILES string of the molecule is O=C1CC=NC=C1C(c1ccccc1)C(Br)N1CCCC1. The lowest BCUT2D eigenvalue weighted by atomic mass is 9.87. The van der Waals surface area contributed by atoms with Crippen molar-refractivity contribution >= 4 is 27.9 Å². The normalized spacial score (nSPS) is 22.1. The number of hydrogen-bond acceptors (Lipinski definition) is 3. The van der Waals surface area contributed by atoms with Gasteiger partial charge in [0.05, 0.1) is 4.95 Å². The Kier molecular flexibility index (Phi) is 4.66. The minimum absolute atomic E-state index is 0.0363. The molecule has 1 aromatic rings. The molecule has 1 saturated heterocycles. The molecule has 3 rings (SSSR count). The molecule has 3 nitrogen and oxygen atoms in total. The van der Waals surface area contributed by atoms with Crippen LogP contribution in [0.5, 0.6) is 0 Å². The number of likely N-dealkylation sites (tertiary alicyclic amines) is 1. The van der Waals surface area contributed by atoms with E-state index in [2.05, 4.69) is 38.0 Å². The Morgan fingerprint density at radius 3 is 2.52 bits per heavy atom. The van der Waals surface area contributed by atoms with Crippen molar-refractivity contribution in [3.8, 4) is 0 Å². The zero-order valence-electron chi connectivity index (χ0n) is 11.9. The highest BCUT2D eigenvalue weighted by Gasteiger charge is 2.33. The van der Waals surface area contributed by atoms with Gasteiger partial charge in [-0.25, -0.2) is 0 Å². The lowest BCUT2D eigenvalue weighted by Crippen LogP contribution is -2.35. The van der Waals surface area contributed by atoms with E-state index in [1.807, 2.05) is 18.2 Å². The number of Topliss-reactive ketones (excluding diaryl/α,β-unsaturated/α-hetero) is 1. The molecular weight excluding hydrogens is 328 g/mol. The van der Waals surface area contributed by atoms with Crippen LogP contribution < -0.4 is 0 Å². The summed E-state index contributed by atoms with van der Waals surface area (Å²) in [6.45, 7) is 2.17. The van der Waals surface area contributed by atoms with Crippen molar-refractivity contribution in [3.05, 3.63) is 47.7 Å². The Morgan fingerprint density at radius 1 is 1.14 bits per heavy atom. The van der Waals surface area contributed by atoms with Crippen molar-refractivity contribution in [1.29, 1.82) is 0 Å². The van der Waals surface area contributed by atoms with Gasteiger partial charge in [-0.3, -0.25) is 14.7 Å². The number of benzene rings is 1. The van der Waals surface area contributed by atoms with Gasteiger partial charge in [0.15, 0.2) is 5.78 Å². The zero-order valence-corrected chi connectivity index (χ0v) is 13.5. The quantitative estimate of drug-likeness (QED) is 0.617. The van der Waals surface area contributed by atoms with Gasteiger partial charge in [-0.1, -0.05) is 46.3 Å². The zero-order chi connectivity index (χ0) is 14.7. The molecule has 0 saturated carbocycles. The smallest absolute Gasteiger partial charge is 0.166 e. The summed E-state index contributed by atoms with van der Waals surface area (Å²) in [5.74, 6) is 0.219. The molecule has 2 heterocycles. The molecule has 21 heavy (non-hydrogen) atoms. The topological polar surface area (TPSA) is 32.7 Å². The van der Waals surface area contributed by atoms with Gasteiger partial charge in [-0.2, -0.15) is 0 Å². The number of alkyl halides is 1. The van der Waals surface area contributed by atoms with E-state index in [0.29, 0.717) is 6.42 Å². The molecule has 2 atom stereocenters. The molecule has 0 N–H and O–H groups in total. The van der Waals surface area contributed by atoms with Crippen LogP contribution in [0.4, 0.5) is 0 Å². The van der Waals surface area contributed by atoms with E-state index in [-0.39, 0.29) is 16.7 Å². The van der Waals surface area contributed by atoms with E-state index in [9.17, 15) is 4.79 Å². The van der Waals surface area contributed by atoms with E-state index >= 15 is 0 Å². The van der Waals surface area contributed by atoms with Gasteiger partial charge in [-0.05, 0) is 31.5 Å². The summed E-state index contributed by atoms with van der Waals surface area (Å²) < 4.78 is 0. The third kappa shape index (κ3) is 3.16. The molecule has 2 unspecified atom stereocenters. The number of hydrogen-bond donors (Lipinski definition) is 0. The number of carbonyl (C=O) groups is 1. The van der Waals surface area contributed by atoms with Crippen molar-refractivity contribution in [2.24, 2.45) is 4.99 Å². The standard InChI is InChI=1S/C17H19BrN2O/c18-17(20-10-4-5-11-20)16(13-6-2-1-3-7-13)14-12-19-9-8-15(14)21/h1-3,6-7,9,12,16-17H,4-5,8,10-11H2. The first-order valence-corrected chi connectivity index (χ1v) is 8.37. The minimum Gasteiger partial charge on any atom is -0.294 e. The number of halogens is 1. The Labute approximate surface area is 133 Å². The van der Waals surface area contributed by atoms with E-state index in [1.165, 1.54) is 18.4 Å². The number of rotatable bonds is 4. The molecule has 0 radical (unpaired) electrons. The number of carbonyl (C=O) groups excluding carboxylic acids is 1. The van der Waals surface area contributed by atoms with Gasteiger partial charge in [0.1, 0.15) is 0 Å². The first-order valence-electron chi connectivity index (χ1n) is 7.45. The lowest BCUT2D eigenvalue weighted by Gasteiger charge is -2.32. The predicted octanol–water partition coefficient (Wildman–Crippen LogP) is 3.51. The second-order valence-corrected chi connectivity index (χ2v) is 6.49. The number of nitrogens with zero attached hydrogens (tertiary/aromatic N) is 2. The van der Waals surface area contributed by atoms with Gasteiger partial charge in [0.2, 0.25) is 0 Å². The van der Waals surface area contributed by atoms with Gasteiger partial charge in [0.25, 0.3) is 0 Å². The van der Waals surface area contributed by atoms with Crippen LogP contribution in [-0.2, 0) is 4.79 Å². The summed E-state index contributed by atoms with van der Waals surface area (Å²) in [7, 11) is 0. The van der Waals surface area contributed by atoms with Crippen LogP contribution >= 0.6 is 15.9 Å². The van der Waals surface area contributed by atoms with Crippen LogP contribution in [0.25, 0.3) is 0 Å². The maximum atomic E-state index is 12.3. The molecule has 0 bridgehead atoms. The first kappa shape index (κ1) is 14.7. The average molecular weight is 347 g/mol. The summed E-state index contributed by atoms with van der Waals surface area (Å²) in [5, 5.41) is 0. The maximum Gasteiger partial charge on any atom is 0.166 e. The number of ketones is 1. The van der Waals surface area contributed by atoms with Crippen molar-refractivity contribution in [1.82, 2.24) is 4.90 Å². The van der Waals surface area contributed by atoms with Crippen LogP contribution in [-0.4, -0.2) is 34.9 Å². The van der Waals surface area contributed by atoms with E-state index in [0.717, 1.165) is 18.7 Å². The molecule has 2 aliphatic heterocycles. The highest BCUT2D eigenvalue weighted by Crippen LogP contribution is 2.37. The maximum absolute atomic E-state index is 12.3. The molecule has 0 aromatic heterocycles. The van der Waals surface area contributed by atoms with Crippen molar-refractivity contribution < 1.29 is 4.79 Å².